The van der Waals surface area contributed by atoms with Gasteiger partial charge >= 0.3 is 0 Å². The summed E-state index contributed by atoms with van der Waals surface area (Å²) in [5.41, 5.74) is 2.24. The van der Waals surface area contributed by atoms with Gasteiger partial charge in [0.05, 0.1) is 12.2 Å². The van der Waals surface area contributed by atoms with Crippen molar-refractivity contribution >= 4 is 27.3 Å². The summed E-state index contributed by atoms with van der Waals surface area (Å²) in [5.74, 6) is 0.526. The van der Waals surface area contributed by atoms with Crippen molar-refractivity contribution < 1.29 is 0 Å². The number of thiazole rings is 1. The highest BCUT2D eigenvalue weighted by atomic mass is 79.9. The highest BCUT2D eigenvalue weighted by Crippen LogP contribution is 2.21. The van der Waals surface area contributed by atoms with Gasteiger partial charge in [-0.05, 0) is 34.5 Å². The maximum absolute atomic E-state index is 12.4. The average molecular weight is 404 g/mol. The second kappa shape index (κ2) is 6.54. The Bertz CT molecular complexity index is 924. The van der Waals surface area contributed by atoms with Crippen LogP contribution < -0.4 is 5.56 Å². The van der Waals surface area contributed by atoms with Gasteiger partial charge < -0.3 is 4.98 Å². The Balaban J connectivity index is 1.62. The summed E-state index contributed by atoms with van der Waals surface area (Å²) >= 11 is 5.01. The molecule has 0 bridgehead atoms. The molecule has 0 amide bonds. The zero-order valence-corrected chi connectivity index (χ0v) is 15.1. The highest BCUT2D eigenvalue weighted by molar-refractivity contribution is 9.10. The van der Waals surface area contributed by atoms with Crippen molar-refractivity contribution in [3.05, 3.63) is 61.0 Å². The second-order valence-electron chi connectivity index (χ2n) is 5.58. The van der Waals surface area contributed by atoms with E-state index >= 15 is 0 Å². The smallest absolute Gasteiger partial charge is 0.254 e. The van der Waals surface area contributed by atoms with Gasteiger partial charge in [0.2, 0.25) is 0 Å². The fourth-order valence-electron chi connectivity index (χ4n) is 2.81. The van der Waals surface area contributed by atoms with Crippen LogP contribution in [0.2, 0.25) is 0 Å². The number of nitrogens with zero attached hydrogens (tertiary/aromatic N) is 4. The molecule has 3 aromatic heterocycles. The molecular formula is C16H14BrN5OS. The topological polar surface area (TPSA) is 74.8 Å². The Morgan fingerprint density at radius 1 is 1.33 bits per heavy atom. The summed E-state index contributed by atoms with van der Waals surface area (Å²) < 4.78 is 0.868. The summed E-state index contributed by atoms with van der Waals surface area (Å²) in [6, 6.07) is 5.57. The number of nitrogens with one attached hydrogen (secondary N) is 1. The molecule has 0 atom stereocenters. The van der Waals surface area contributed by atoms with Crippen LogP contribution in [0, 0.1) is 0 Å². The van der Waals surface area contributed by atoms with Crippen LogP contribution in [0.15, 0.2) is 39.2 Å². The zero-order valence-electron chi connectivity index (χ0n) is 12.7. The van der Waals surface area contributed by atoms with Crippen LogP contribution in [0.4, 0.5) is 0 Å². The van der Waals surface area contributed by atoms with Crippen LogP contribution in [0.1, 0.15) is 16.3 Å². The van der Waals surface area contributed by atoms with Gasteiger partial charge in [-0.1, -0.05) is 6.07 Å². The largest absolute Gasteiger partial charge is 0.305 e. The quantitative estimate of drug-likeness (QED) is 0.727. The molecule has 0 aromatic carbocycles. The van der Waals surface area contributed by atoms with Gasteiger partial charge in [-0.25, -0.2) is 9.97 Å². The van der Waals surface area contributed by atoms with Gasteiger partial charge in [0, 0.05) is 30.2 Å². The van der Waals surface area contributed by atoms with Crippen LogP contribution >= 0.6 is 27.3 Å². The lowest BCUT2D eigenvalue weighted by molar-refractivity contribution is 0.240. The molecule has 6 nitrogen and oxygen atoms in total. The fraction of sp³-hybridized carbons (Fsp3) is 0.250. The first kappa shape index (κ1) is 15.6. The molecule has 1 N–H and O–H groups in total. The standard InChI is InChI=1S/C16H14BrN5OS/c17-13-9-24-14(20-13)8-22-6-4-10-12(7-22)19-15(21-16(10)23)11-3-1-2-5-18-11/h1-3,5,9H,4,6-8H2,(H,19,21,23). The Morgan fingerprint density at radius 3 is 3.00 bits per heavy atom. The Hall–Kier alpha value is -1.90. The first-order chi connectivity index (χ1) is 11.7. The van der Waals surface area contributed by atoms with E-state index in [1.807, 2.05) is 23.6 Å². The van der Waals surface area contributed by atoms with Crippen LogP contribution in [0.5, 0.6) is 0 Å². The number of hydrogen-bond acceptors (Lipinski definition) is 6. The molecule has 0 fully saturated rings. The number of pyridine rings is 1. The number of halogens is 1. The van der Waals surface area contributed by atoms with E-state index in [0.717, 1.165) is 34.0 Å². The number of fused-ring (bicyclic) bond motifs is 1. The van der Waals surface area contributed by atoms with Gasteiger partial charge in [0.1, 0.15) is 15.3 Å². The SMILES string of the molecule is O=c1[nH]c(-c2ccccn2)nc2c1CCN(Cc1nc(Br)cs1)C2. The van der Waals surface area contributed by atoms with Gasteiger partial charge in [-0.2, -0.15) is 0 Å². The van der Waals surface area contributed by atoms with Crippen molar-refractivity contribution in [3.8, 4) is 11.5 Å². The Labute approximate surface area is 150 Å². The lowest BCUT2D eigenvalue weighted by Gasteiger charge is -2.26. The highest BCUT2D eigenvalue weighted by Gasteiger charge is 2.22. The predicted molar refractivity (Wildman–Crippen MR) is 95.7 cm³/mol. The van der Waals surface area contributed by atoms with Gasteiger partial charge in [-0.15, -0.1) is 11.3 Å². The summed E-state index contributed by atoms with van der Waals surface area (Å²) in [4.78, 5) is 30.9. The minimum atomic E-state index is -0.0581. The summed E-state index contributed by atoms with van der Waals surface area (Å²) in [6.45, 7) is 2.25. The molecule has 0 aliphatic carbocycles. The first-order valence-electron chi connectivity index (χ1n) is 7.55. The van der Waals surface area contributed by atoms with E-state index in [4.69, 9.17) is 0 Å². The third-order valence-electron chi connectivity index (χ3n) is 3.94. The van der Waals surface area contributed by atoms with Gasteiger partial charge in [0.25, 0.3) is 5.56 Å². The van der Waals surface area contributed by atoms with E-state index in [1.165, 1.54) is 0 Å². The monoisotopic (exact) mass is 403 g/mol. The molecule has 3 aromatic rings. The van der Waals surface area contributed by atoms with Crippen LogP contribution in [-0.4, -0.2) is 31.4 Å². The molecule has 0 saturated heterocycles. The van der Waals surface area contributed by atoms with Crippen LogP contribution in [-0.2, 0) is 19.5 Å². The maximum Gasteiger partial charge on any atom is 0.254 e. The van der Waals surface area contributed by atoms with E-state index in [1.54, 1.807) is 17.5 Å². The number of aromatic nitrogens is 4. The van der Waals surface area contributed by atoms with Crippen LogP contribution in [0.25, 0.3) is 11.5 Å². The van der Waals surface area contributed by atoms with Gasteiger partial charge in [0.15, 0.2) is 5.82 Å². The molecule has 8 heteroatoms. The minimum Gasteiger partial charge on any atom is -0.305 e. The van der Waals surface area contributed by atoms with Gasteiger partial charge in [-0.3, -0.25) is 14.7 Å². The third kappa shape index (κ3) is 3.17. The molecule has 1 aliphatic rings. The van der Waals surface area contributed by atoms with Crippen molar-refractivity contribution in [3.63, 3.8) is 0 Å². The molecule has 24 heavy (non-hydrogen) atoms. The number of rotatable bonds is 3. The molecule has 4 rings (SSSR count). The molecule has 0 saturated carbocycles. The van der Waals surface area contributed by atoms with Crippen molar-refractivity contribution in [2.45, 2.75) is 19.5 Å². The fourth-order valence-corrected chi connectivity index (χ4v) is 4.11. The molecule has 1 aliphatic heterocycles. The molecule has 0 unspecified atom stereocenters. The molecule has 4 heterocycles. The normalized spacial score (nSPS) is 14.5. The first-order valence-corrected chi connectivity index (χ1v) is 9.22. The van der Waals surface area contributed by atoms with E-state index in [2.05, 4.69) is 40.8 Å². The third-order valence-corrected chi connectivity index (χ3v) is 5.49. The number of hydrogen-bond donors (Lipinski definition) is 1. The van der Waals surface area contributed by atoms with E-state index in [0.29, 0.717) is 24.5 Å². The van der Waals surface area contributed by atoms with Crippen molar-refractivity contribution in [2.75, 3.05) is 6.54 Å². The Kier molecular flexibility index (Phi) is 4.26. The van der Waals surface area contributed by atoms with Crippen LogP contribution in [0.3, 0.4) is 0 Å². The van der Waals surface area contributed by atoms with E-state index in [-0.39, 0.29) is 5.56 Å². The van der Waals surface area contributed by atoms with Crippen molar-refractivity contribution in [1.29, 1.82) is 0 Å². The van der Waals surface area contributed by atoms with E-state index < -0.39 is 0 Å². The van der Waals surface area contributed by atoms with E-state index in [9.17, 15) is 4.79 Å². The lowest BCUT2D eigenvalue weighted by Crippen LogP contribution is -2.35. The predicted octanol–water partition coefficient (Wildman–Crippen LogP) is 2.61. The minimum absolute atomic E-state index is 0.0581. The summed E-state index contributed by atoms with van der Waals surface area (Å²) in [7, 11) is 0. The molecular weight excluding hydrogens is 390 g/mol. The lowest BCUT2D eigenvalue weighted by atomic mass is 10.1. The maximum atomic E-state index is 12.4. The Morgan fingerprint density at radius 2 is 2.25 bits per heavy atom. The van der Waals surface area contributed by atoms with Crippen molar-refractivity contribution in [2.24, 2.45) is 0 Å². The number of aromatic amines is 1. The summed E-state index contributed by atoms with van der Waals surface area (Å²) in [6.07, 6.45) is 2.40. The molecule has 122 valence electrons. The summed E-state index contributed by atoms with van der Waals surface area (Å²) in [5, 5.41) is 3.04. The average Bonchev–Trinajstić information content (AvgIpc) is 3.00. The molecule has 0 spiro atoms. The second-order valence-corrected chi connectivity index (χ2v) is 7.33. The zero-order chi connectivity index (χ0) is 16.5. The van der Waals surface area contributed by atoms with Crippen molar-refractivity contribution in [1.82, 2.24) is 24.8 Å². The number of H-pyrrole nitrogens is 1. The molecule has 0 radical (unpaired) electrons.